The number of hydrogen-bond donors (Lipinski definition) is 1. The van der Waals surface area contributed by atoms with Gasteiger partial charge in [0.2, 0.25) is 17.8 Å². The average molecular weight is 455 g/mol. The Kier molecular flexibility index (Phi) is 8.15. The number of halogens is 1. The molecule has 0 aliphatic carbocycles. The molecule has 9 heteroatoms. The Morgan fingerprint density at radius 3 is 2.39 bits per heavy atom. The van der Waals surface area contributed by atoms with E-state index in [1.54, 1.807) is 49.1 Å². The van der Waals surface area contributed by atoms with Crippen molar-refractivity contribution in [3.8, 4) is 22.7 Å². The van der Waals surface area contributed by atoms with Gasteiger partial charge in [-0.25, -0.2) is 9.37 Å². The normalized spacial score (nSPS) is 10.7. The first kappa shape index (κ1) is 23.9. The number of anilines is 1. The molecule has 0 atom stereocenters. The highest BCUT2D eigenvalue weighted by atomic mass is 19.1. The van der Waals surface area contributed by atoms with Crippen LogP contribution in [0.1, 0.15) is 13.3 Å². The molecule has 0 radical (unpaired) electrons. The van der Waals surface area contributed by atoms with Crippen molar-refractivity contribution < 1.29 is 23.5 Å². The van der Waals surface area contributed by atoms with Gasteiger partial charge >= 0.3 is 0 Å². The number of carbonyl (C=O) groups excluding carboxylic acids is 2. The summed E-state index contributed by atoms with van der Waals surface area (Å²) in [6.45, 7) is 2.25. The van der Waals surface area contributed by atoms with Crippen molar-refractivity contribution in [1.29, 1.82) is 0 Å². The van der Waals surface area contributed by atoms with Crippen LogP contribution in [0.5, 0.6) is 5.75 Å². The third-order valence-corrected chi connectivity index (χ3v) is 5.00. The van der Waals surface area contributed by atoms with Gasteiger partial charge in [0.1, 0.15) is 18.1 Å². The Morgan fingerprint density at radius 1 is 1.09 bits per heavy atom. The first-order valence-electron chi connectivity index (χ1n) is 10.5. The van der Waals surface area contributed by atoms with E-state index in [4.69, 9.17) is 9.47 Å². The van der Waals surface area contributed by atoms with E-state index in [2.05, 4.69) is 10.3 Å². The van der Waals surface area contributed by atoms with Gasteiger partial charge in [-0.15, -0.1) is 0 Å². The van der Waals surface area contributed by atoms with E-state index >= 15 is 0 Å². The first-order valence-corrected chi connectivity index (χ1v) is 10.5. The zero-order valence-corrected chi connectivity index (χ0v) is 18.9. The summed E-state index contributed by atoms with van der Waals surface area (Å²) >= 11 is 0. The Bertz CT molecular complexity index is 1080. The van der Waals surface area contributed by atoms with E-state index in [9.17, 15) is 14.0 Å². The van der Waals surface area contributed by atoms with Crippen LogP contribution in [0.25, 0.3) is 16.9 Å². The van der Waals surface area contributed by atoms with Crippen LogP contribution >= 0.6 is 0 Å². The van der Waals surface area contributed by atoms with Crippen molar-refractivity contribution >= 4 is 17.8 Å². The summed E-state index contributed by atoms with van der Waals surface area (Å²) < 4.78 is 25.3. The second-order valence-corrected chi connectivity index (χ2v) is 7.23. The molecule has 2 amide bonds. The molecule has 2 aromatic carbocycles. The Morgan fingerprint density at radius 2 is 1.79 bits per heavy atom. The predicted molar refractivity (Wildman–Crippen MR) is 123 cm³/mol. The molecule has 0 bridgehead atoms. The fourth-order valence-electron chi connectivity index (χ4n) is 3.22. The molecule has 174 valence electrons. The van der Waals surface area contributed by atoms with Crippen LogP contribution in [0.2, 0.25) is 0 Å². The number of rotatable bonds is 10. The van der Waals surface area contributed by atoms with Gasteiger partial charge in [0.15, 0.2) is 0 Å². The molecule has 8 nitrogen and oxygen atoms in total. The van der Waals surface area contributed by atoms with Gasteiger partial charge in [0, 0.05) is 37.5 Å². The summed E-state index contributed by atoms with van der Waals surface area (Å²) in [5.74, 6) is 0.0837. The molecule has 0 unspecified atom stereocenters. The minimum atomic E-state index is -0.390. The number of aromatic nitrogens is 2. The van der Waals surface area contributed by atoms with Crippen LogP contribution in [-0.4, -0.2) is 60.2 Å². The molecule has 1 aromatic heterocycles. The van der Waals surface area contributed by atoms with Crippen molar-refractivity contribution in [2.24, 2.45) is 0 Å². The minimum absolute atomic E-state index is 0.128. The van der Waals surface area contributed by atoms with Crippen LogP contribution in [0.3, 0.4) is 0 Å². The monoisotopic (exact) mass is 454 g/mol. The number of benzene rings is 2. The topological polar surface area (TPSA) is 85.7 Å². The fraction of sp³-hybridized carbons (Fsp3) is 0.292. The molecule has 0 saturated heterocycles. The fourth-order valence-corrected chi connectivity index (χ4v) is 3.22. The SMILES string of the molecule is CCC(=O)N(CCOC)CC(=O)Nc1nc(-c2ccc(F)cc2)cn1-c1ccc(OC)cc1. The summed E-state index contributed by atoms with van der Waals surface area (Å²) in [6.07, 6.45) is 2.04. The molecule has 3 aromatic rings. The third kappa shape index (κ3) is 6.17. The lowest BCUT2D eigenvalue weighted by atomic mass is 10.2. The van der Waals surface area contributed by atoms with Crippen LogP contribution in [-0.2, 0) is 14.3 Å². The largest absolute Gasteiger partial charge is 0.497 e. The molecule has 33 heavy (non-hydrogen) atoms. The second-order valence-electron chi connectivity index (χ2n) is 7.23. The molecular formula is C24H27FN4O4. The van der Waals surface area contributed by atoms with Gasteiger partial charge in [-0.2, -0.15) is 0 Å². The summed E-state index contributed by atoms with van der Waals surface area (Å²) in [5, 5.41) is 2.80. The zero-order chi connectivity index (χ0) is 23.8. The molecule has 0 fully saturated rings. The Balaban J connectivity index is 1.90. The van der Waals surface area contributed by atoms with Gasteiger partial charge in [0.05, 0.1) is 19.4 Å². The molecular weight excluding hydrogens is 427 g/mol. The zero-order valence-electron chi connectivity index (χ0n) is 18.9. The Hall–Kier alpha value is -3.72. The van der Waals surface area contributed by atoms with E-state index in [-0.39, 0.29) is 36.5 Å². The molecule has 0 aliphatic rings. The van der Waals surface area contributed by atoms with E-state index in [0.717, 1.165) is 5.69 Å². The van der Waals surface area contributed by atoms with Crippen molar-refractivity contribution in [1.82, 2.24) is 14.5 Å². The molecule has 1 heterocycles. The predicted octanol–water partition coefficient (Wildman–Crippen LogP) is 3.51. The quantitative estimate of drug-likeness (QED) is 0.507. The van der Waals surface area contributed by atoms with Gasteiger partial charge in [-0.05, 0) is 48.5 Å². The first-order chi connectivity index (χ1) is 15.9. The molecule has 1 N–H and O–H groups in total. The highest BCUT2D eigenvalue weighted by molar-refractivity contribution is 5.93. The second kappa shape index (κ2) is 11.2. The molecule has 0 saturated carbocycles. The summed E-state index contributed by atoms with van der Waals surface area (Å²) in [7, 11) is 3.12. The third-order valence-electron chi connectivity index (χ3n) is 5.00. The van der Waals surface area contributed by atoms with Crippen LogP contribution < -0.4 is 10.1 Å². The van der Waals surface area contributed by atoms with E-state index < -0.39 is 0 Å². The number of nitrogens with one attached hydrogen (secondary N) is 1. The summed E-state index contributed by atoms with van der Waals surface area (Å²) in [6, 6.07) is 13.2. The minimum Gasteiger partial charge on any atom is -0.497 e. The maximum Gasteiger partial charge on any atom is 0.246 e. The van der Waals surface area contributed by atoms with Gasteiger partial charge in [-0.3, -0.25) is 19.5 Å². The number of imidazole rings is 1. The Labute approximate surface area is 191 Å². The smallest absolute Gasteiger partial charge is 0.246 e. The number of ether oxygens (including phenoxy) is 2. The number of hydrogen-bond acceptors (Lipinski definition) is 5. The number of methoxy groups -OCH3 is 2. The van der Waals surface area contributed by atoms with Crippen molar-refractivity contribution in [2.75, 3.05) is 39.2 Å². The average Bonchev–Trinajstić information content (AvgIpc) is 3.25. The van der Waals surface area contributed by atoms with Crippen molar-refractivity contribution in [3.63, 3.8) is 0 Å². The van der Waals surface area contributed by atoms with Crippen LogP contribution in [0.4, 0.5) is 10.3 Å². The van der Waals surface area contributed by atoms with E-state index in [1.165, 1.54) is 24.1 Å². The lowest BCUT2D eigenvalue weighted by Crippen LogP contribution is -2.39. The number of nitrogens with zero attached hydrogens (tertiary/aromatic N) is 3. The summed E-state index contributed by atoms with van der Waals surface area (Å²) in [4.78, 5) is 31.0. The molecule has 3 rings (SSSR count). The number of carbonyl (C=O) groups is 2. The van der Waals surface area contributed by atoms with Gasteiger partial charge in [-0.1, -0.05) is 6.92 Å². The molecule has 0 aliphatic heterocycles. The van der Waals surface area contributed by atoms with Crippen LogP contribution in [0, 0.1) is 5.82 Å². The highest BCUT2D eigenvalue weighted by Crippen LogP contribution is 2.25. The van der Waals surface area contributed by atoms with Crippen molar-refractivity contribution in [2.45, 2.75) is 13.3 Å². The standard InChI is InChI=1S/C24H27FN4O4/c1-4-23(31)28(13-14-32-2)16-22(30)27-24-26-21(17-5-7-18(25)8-6-17)15-29(24)19-9-11-20(33-3)12-10-19/h5-12,15H,4,13-14,16H2,1-3H3,(H,26,27,30). The van der Waals surface area contributed by atoms with Crippen LogP contribution in [0.15, 0.2) is 54.7 Å². The van der Waals surface area contributed by atoms with Gasteiger partial charge < -0.3 is 14.4 Å². The maximum absolute atomic E-state index is 13.4. The summed E-state index contributed by atoms with van der Waals surface area (Å²) in [5.41, 5.74) is 2.00. The highest BCUT2D eigenvalue weighted by Gasteiger charge is 2.19. The van der Waals surface area contributed by atoms with E-state index in [1.807, 2.05) is 12.1 Å². The van der Waals surface area contributed by atoms with Crippen molar-refractivity contribution in [3.05, 3.63) is 60.5 Å². The maximum atomic E-state index is 13.4. The molecule has 0 spiro atoms. The lowest BCUT2D eigenvalue weighted by molar-refractivity contribution is -0.135. The van der Waals surface area contributed by atoms with Gasteiger partial charge in [0.25, 0.3) is 0 Å². The van der Waals surface area contributed by atoms with E-state index in [0.29, 0.717) is 30.2 Å². The lowest BCUT2D eigenvalue weighted by Gasteiger charge is -2.21. The number of amides is 2.